The van der Waals surface area contributed by atoms with Gasteiger partial charge in [0.25, 0.3) is 0 Å². The van der Waals surface area contributed by atoms with Crippen molar-refractivity contribution in [2.24, 2.45) is 0 Å². The Morgan fingerprint density at radius 1 is 0.966 bits per heavy atom. The number of nitrogens with one attached hydrogen (secondary N) is 2. The van der Waals surface area contributed by atoms with Gasteiger partial charge in [-0.25, -0.2) is 9.48 Å². The number of fused-ring (bicyclic) bond motifs is 2. The van der Waals surface area contributed by atoms with Crippen molar-refractivity contribution >= 4 is 31.8 Å². The molecule has 0 spiro atoms. The summed E-state index contributed by atoms with van der Waals surface area (Å²) in [5.41, 5.74) is 5.71. The van der Waals surface area contributed by atoms with Crippen LogP contribution in [0.3, 0.4) is 0 Å². The molecule has 15 heteroatoms. The molecule has 1 aliphatic heterocycles. The number of anilines is 2. The number of benzene rings is 1. The summed E-state index contributed by atoms with van der Waals surface area (Å²) < 4.78 is 19.2. The Morgan fingerprint density at radius 2 is 1.71 bits per heavy atom. The van der Waals surface area contributed by atoms with Gasteiger partial charge in [-0.2, -0.15) is 10.2 Å². The number of carbonyl (C=O) groups is 1. The van der Waals surface area contributed by atoms with Gasteiger partial charge in [-0.15, -0.1) is 10.2 Å². The van der Waals surface area contributed by atoms with Crippen LogP contribution < -0.4 is 20.3 Å². The first-order valence-corrected chi connectivity index (χ1v) is 23.2. The molecular weight excluding hydrogens is 749 g/mol. The molecule has 5 aromatic rings. The predicted molar refractivity (Wildman–Crippen MR) is 229 cm³/mol. The smallest absolute Gasteiger partial charge is 0.320 e. The van der Waals surface area contributed by atoms with Gasteiger partial charge in [0.15, 0.2) is 14.0 Å². The molecule has 2 amide bonds. The average molecular weight is 811 g/mol. The fourth-order valence-electron chi connectivity index (χ4n) is 9.36. The van der Waals surface area contributed by atoms with Crippen LogP contribution >= 0.6 is 0 Å². The van der Waals surface area contributed by atoms with E-state index in [2.05, 4.69) is 110 Å². The molecule has 0 bridgehead atoms. The zero-order valence-corrected chi connectivity index (χ0v) is 36.6. The Labute approximate surface area is 343 Å². The van der Waals surface area contributed by atoms with Crippen LogP contribution in [0.5, 0.6) is 5.75 Å². The highest BCUT2D eigenvalue weighted by molar-refractivity contribution is 6.77. The highest BCUT2D eigenvalue weighted by Gasteiger charge is 2.46. The van der Waals surface area contributed by atoms with Gasteiger partial charge in [-0.1, -0.05) is 86.6 Å². The zero-order chi connectivity index (χ0) is 41.4. The van der Waals surface area contributed by atoms with Crippen LogP contribution in [0, 0.1) is 0 Å². The van der Waals surface area contributed by atoms with Crippen LogP contribution in [0.15, 0.2) is 61.1 Å². The maximum atomic E-state index is 13.7. The molecule has 0 radical (unpaired) electrons. The van der Waals surface area contributed by atoms with E-state index in [0.717, 1.165) is 53.6 Å². The molecule has 14 nitrogen and oxygen atoms in total. The van der Waals surface area contributed by atoms with Crippen LogP contribution in [0.25, 0.3) is 11.3 Å². The van der Waals surface area contributed by atoms with E-state index in [9.17, 15) is 9.90 Å². The van der Waals surface area contributed by atoms with Gasteiger partial charge in [0, 0.05) is 18.0 Å². The molecule has 312 valence electrons. The van der Waals surface area contributed by atoms with Gasteiger partial charge < -0.3 is 24.5 Å². The lowest BCUT2D eigenvalue weighted by Crippen LogP contribution is -2.50. The first-order chi connectivity index (χ1) is 27.7. The number of carbonyl (C=O) groups excluding carboxylic acids is 1. The van der Waals surface area contributed by atoms with Gasteiger partial charge in [0.05, 0.1) is 56.1 Å². The SMILES string of the molecule is CC(C)[Si](OCC1CCCN1c1nnc2ccc(OC3CCC(NC(=O)Nc4cc(C(C)(C)C)nn4-c4cnn(CCO)c4)c4ccccc43)cn12)(C(C)C)C(C)C. The molecule has 58 heavy (non-hydrogen) atoms. The van der Waals surface area contributed by atoms with E-state index >= 15 is 0 Å². The zero-order valence-electron chi connectivity index (χ0n) is 35.6. The third kappa shape index (κ3) is 8.26. The van der Waals surface area contributed by atoms with Crippen molar-refractivity contribution in [3.8, 4) is 11.4 Å². The maximum absolute atomic E-state index is 13.7. The van der Waals surface area contributed by atoms with E-state index in [1.54, 1.807) is 21.8 Å². The summed E-state index contributed by atoms with van der Waals surface area (Å²) in [4.78, 5) is 16.1. The number of pyridine rings is 1. The number of aliphatic hydroxyl groups excluding tert-OH is 1. The highest BCUT2D eigenvalue weighted by Crippen LogP contribution is 2.43. The van der Waals surface area contributed by atoms with Crippen molar-refractivity contribution in [1.29, 1.82) is 0 Å². The third-order valence-electron chi connectivity index (χ3n) is 12.2. The summed E-state index contributed by atoms with van der Waals surface area (Å²) >= 11 is 0. The second-order valence-electron chi connectivity index (χ2n) is 17.9. The minimum absolute atomic E-state index is 0.0267. The summed E-state index contributed by atoms with van der Waals surface area (Å²) in [6.45, 7) is 22.2. The lowest BCUT2D eigenvalue weighted by Gasteiger charge is -2.43. The number of amides is 2. The average Bonchev–Trinajstić information content (AvgIpc) is 3.99. The van der Waals surface area contributed by atoms with Gasteiger partial charge in [-0.3, -0.25) is 14.4 Å². The molecule has 1 aromatic carbocycles. The van der Waals surface area contributed by atoms with Crippen molar-refractivity contribution in [3.63, 3.8) is 0 Å². The molecule has 1 saturated heterocycles. The van der Waals surface area contributed by atoms with Gasteiger partial charge >= 0.3 is 6.03 Å². The fraction of sp³-hybridized carbons (Fsp3) is 0.558. The molecule has 3 N–H and O–H groups in total. The minimum Gasteiger partial charge on any atom is -0.484 e. The highest BCUT2D eigenvalue weighted by atomic mass is 28.4. The Morgan fingerprint density at radius 3 is 2.41 bits per heavy atom. The Balaban J connectivity index is 1.06. The number of nitrogens with zero attached hydrogens (tertiary/aromatic N) is 8. The second-order valence-corrected chi connectivity index (χ2v) is 23.4. The summed E-state index contributed by atoms with van der Waals surface area (Å²) in [5.74, 6) is 2.09. The summed E-state index contributed by atoms with van der Waals surface area (Å²) in [5, 5.41) is 34.1. The second kappa shape index (κ2) is 16.9. The lowest BCUT2D eigenvalue weighted by atomic mass is 9.85. The van der Waals surface area contributed by atoms with Crippen molar-refractivity contribution in [3.05, 3.63) is 77.9 Å². The van der Waals surface area contributed by atoms with Crippen molar-refractivity contribution < 1.29 is 19.1 Å². The van der Waals surface area contributed by atoms with E-state index in [-0.39, 0.29) is 36.2 Å². The van der Waals surface area contributed by atoms with Gasteiger partial charge in [0.2, 0.25) is 5.95 Å². The number of hydrogen-bond donors (Lipinski definition) is 3. The third-order valence-corrected chi connectivity index (χ3v) is 18.2. The molecule has 3 atom stereocenters. The molecular formula is C43H62N10O4Si. The predicted octanol–water partition coefficient (Wildman–Crippen LogP) is 8.34. The largest absolute Gasteiger partial charge is 0.484 e. The lowest BCUT2D eigenvalue weighted by molar-refractivity contribution is 0.171. The normalized spacial score (nSPS) is 18.8. The molecule has 0 saturated carbocycles. The summed E-state index contributed by atoms with van der Waals surface area (Å²) in [6, 6.07) is 13.7. The monoisotopic (exact) mass is 810 g/mol. The standard InChI is InChI=1S/C43H62N10O4Si/c1-28(2)58(29(3)4,30(5)6)56-27-31-13-12-20-51(31)42-48-47-39-19-16-33(26-52(39)42)57-37-18-17-36(34-14-10-11-15-35(34)37)45-41(55)46-40-23-38(43(7,8)9)49-53(40)32-24-44-50(25-32)21-22-54/h10-11,14-16,19,23-26,28-31,36-37,54H,12-13,17-18,20-22,27H2,1-9H3,(H2,45,46,55). The maximum Gasteiger partial charge on any atom is 0.320 e. The molecule has 3 unspecified atom stereocenters. The van der Waals surface area contributed by atoms with Crippen LogP contribution in [0.4, 0.5) is 16.6 Å². The molecule has 4 aromatic heterocycles. The Hall–Kier alpha value is -4.73. The van der Waals surface area contributed by atoms with E-state index in [1.807, 2.05) is 36.5 Å². The number of ether oxygens (including phenoxy) is 1. The van der Waals surface area contributed by atoms with Crippen molar-refractivity contribution in [2.45, 2.75) is 135 Å². The van der Waals surface area contributed by atoms with Gasteiger partial charge in [0.1, 0.15) is 23.4 Å². The van der Waals surface area contributed by atoms with Crippen LogP contribution in [0.2, 0.25) is 16.6 Å². The summed E-state index contributed by atoms with van der Waals surface area (Å²) in [7, 11) is -2.01. The molecule has 5 heterocycles. The van der Waals surface area contributed by atoms with E-state index in [4.69, 9.17) is 14.3 Å². The molecule has 2 aliphatic rings. The van der Waals surface area contributed by atoms with E-state index in [0.29, 0.717) is 54.1 Å². The number of aromatic nitrogens is 7. The van der Waals surface area contributed by atoms with Gasteiger partial charge in [-0.05, 0) is 65.6 Å². The number of hydrogen-bond acceptors (Lipinski definition) is 9. The Bertz CT molecular complexity index is 2160. The quantitative estimate of drug-likeness (QED) is 0.0942. The number of rotatable bonds is 14. The van der Waals surface area contributed by atoms with Crippen LogP contribution in [0.1, 0.15) is 117 Å². The molecule has 1 aliphatic carbocycles. The van der Waals surface area contributed by atoms with E-state index in [1.165, 1.54) is 0 Å². The fourth-order valence-corrected chi connectivity index (χ4v) is 14.8. The molecule has 1 fully saturated rings. The number of urea groups is 1. The van der Waals surface area contributed by atoms with Crippen molar-refractivity contribution in [2.75, 3.05) is 30.0 Å². The van der Waals surface area contributed by atoms with Crippen molar-refractivity contribution in [1.82, 2.24) is 39.5 Å². The Kier molecular flexibility index (Phi) is 12.0. The van der Waals surface area contributed by atoms with Crippen LogP contribution in [-0.2, 0) is 16.4 Å². The first-order valence-electron chi connectivity index (χ1n) is 21.0. The first kappa shape index (κ1) is 41.4. The number of aliphatic hydroxyl groups is 1. The van der Waals surface area contributed by atoms with E-state index < -0.39 is 8.32 Å². The topological polar surface area (TPSA) is 149 Å². The molecule has 7 rings (SSSR count). The minimum atomic E-state index is -2.01. The summed E-state index contributed by atoms with van der Waals surface area (Å²) in [6.07, 6.45) is 8.85. The van der Waals surface area contributed by atoms with Crippen LogP contribution in [-0.4, -0.2) is 79.4 Å².